The van der Waals surface area contributed by atoms with Crippen LogP contribution in [0.1, 0.15) is 40.5 Å². The van der Waals surface area contributed by atoms with Gasteiger partial charge in [0.1, 0.15) is 0 Å². The van der Waals surface area contributed by atoms with Gasteiger partial charge in [0.05, 0.1) is 0 Å². The summed E-state index contributed by atoms with van der Waals surface area (Å²) >= 11 is 0. The van der Waals surface area contributed by atoms with E-state index in [1.807, 2.05) is 27.8 Å². The van der Waals surface area contributed by atoms with Crippen LogP contribution in [-0.4, -0.2) is 44.4 Å². The minimum absolute atomic E-state index is 0.389. The summed E-state index contributed by atoms with van der Waals surface area (Å²) in [5.74, 6) is 0.389. The zero-order valence-electron chi connectivity index (χ0n) is 12.2. The maximum Gasteiger partial charge on any atom is 0.279 e. The fourth-order valence-electron chi connectivity index (χ4n) is 2.46. The summed E-state index contributed by atoms with van der Waals surface area (Å²) in [5.41, 5.74) is -0.430. The molecule has 0 aliphatic carbocycles. The highest BCUT2D eigenvalue weighted by Gasteiger charge is 2.34. The van der Waals surface area contributed by atoms with Crippen molar-refractivity contribution in [1.29, 1.82) is 0 Å². The predicted molar refractivity (Wildman–Crippen MR) is 74.6 cm³/mol. The lowest BCUT2D eigenvalue weighted by Gasteiger charge is -2.38. The summed E-state index contributed by atoms with van der Waals surface area (Å²) in [6.07, 6.45) is 1.87. The molecule has 0 aromatic rings. The van der Waals surface area contributed by atoms with E-state index in [-0.39, 0.29) is 0 Å². The molecule has 18 heavy (non-hydrogen) atoms. The van der Waals surface area contributed by atoms with Crippen molar-refractivity contribution in [3.8, 4) is 0 Å². The summed E-state index contributed by atoms with van der Waals surface area (Å²) in [6.45, 7) is 8.90. The van der Waals surface area contributed by atoms with Crippen LogP contribution in [0.4, 0.5) is 0 Å². The summed E-state index contributed by atoms with van der Waals surface area (Å²) in [4.78, 5) is 0. The first kappa shape index (κ1) is 15.9. The van der Waals surface area contributed by atoms with Crippen LogP contribution in [0.5, 0.6) is 0 Å². The van der Waals surface area contributed by atoms with Crippen LogP contribution in [0.2, 0.25) is 0 Å². The van der Waals surface area contributed by atoms with Gasteiger partial charge >= 0.3 is 0 Å². The Labute approximate surface area is 112 Å². The third-order valence-electron chi connectivity index (χ3n) is 3.37. The van der Waals surface area contributed by atoms with Gasteiger partial charge in [-0.25, -0.2) is 0 Å². The van der Waals surface area contributed by atoms with Gasteiger partial charge in [-0.15, -0.1) is 0 Å². The van der Waals surface area contributed by atoms with Crippen LogP contribution in [-0.2, 0) is 10.2 Å². The van der Waals surface area contributed by atoms with Crippen LogP contribution in [0, 0.1) is 5.92 Å². The number of rotatable bonds is 4. The molecule has 0 amide bonds. The predicted octanol–water partition coefficient (Wildman–Crippen LogP) is 0.939. The Morgan fingerprint density at radius 3 is 2.39 bits per heavy atom. The van der Waals surface area contributed by atoms with Crippen molar-refractivity contribution >= 4 is 10.2 Å². The van der Waals surface area contributed by atoms with Crippen molar-refractivity contribution in [1.82, 2.24) is 14.3 Å². The van der Waals surface area contributed by atoms with Gasteiger partial charge in [-0.3, -0.25) is 0 Å². The average Bonchev–Trinajstić information content (AvgIpc) is 2.24. The summed E-state index contributed by atoms with van der Waals surface area (Å²) in [7, 11) is -1.41. The van der Waals surface area contributed by atoms with E-state index in [0.717, 1.165) is 12.8 Å². The molecule has 1 rings (SSSR count). The standard InChI is InChI=1S/C12H27N3O2S/c1-6-10-9-15(8-7-11(10)13-5)18(16,17)14-12(2,3)4/h10-11,13-14H,6-9H2,1-5H3. The van der Waals surface area contributed by atoms with E-state index in [9.17, 15) is 8.42 Å². The van der Waals surface area contributed by atoms with Crippen LogP contribution < -0.4 is 10.0 Å². The van der Waals surface area contributed by atoms with E-state index in [2.05, 4.69) is 17.0 Å². The third kappa shape index (κ3) is 4.19. The molecule has 2 N–H and O–H groups in total. The first-order chi connectivity index (χ1) is 8.19. The van der Waals surface area contributed by atoms with Crippen LogP contribution in [0.15, 0.2) is 0 Å². The molecule has 1 fully saturated rings. The fraction of sp³-hybridized carbons (Fsp3) is 1.00. The molecule has 1 saturated heterocycles. The minimum atomic E-state index is -3.36. The molecule has 2 atom stereocenters. The molecular weight excluding hydrogens is 250 g/mol. The number of nitrogens with zero attached hydrogens (tertiary/aromatic N) is 1. The van der Waals surface area contributed by atoms with Gasteiger partial charge in [0.25, 0.3) is 10.2 Å². The van der Waals surface area contributed by atoms with Gasteiger partial charge in [0.2, 0.25) is 0 Å². The Morgan fingerprint density at radius 2 is 1.94 bits per heavy atom. The number of piperidine rings is 1. The minimum Gasteiger partial charge on any atom is -0.317 e. The van der Waals surface area contributed by atoms with Crippen molar-refractivity contribution in [2.45, 2.75) is 52.1 Å². The quantitative estimate of drug-likeness (QED) is 0.804. The van der Waals surface area contributed by atoms with Gasteiger partial charge < -0.3 is 5.32 Å². The molecule has 6 heteroatoms. The molecule has 0 saturated carbocycles. The molecule has 0 radical (unpaired) electrons. The Bertz CT molecular complexity index is 362. The highest BCUT2D eigenvalue weighted by atomic mass is 32.2. The van der Waals surface area contributed by atoms with Gasteiger partial charge in [0.15, 0.2) is 0 Å². The lowest BCUT2D eigenvalue weighted by atomic mass is 9.91. The van der Waals surface area contributed by atoms with E-state index < -0.39 is 15.7 Å². The Kier molecular flexibility index (Phi) is 5.17. The first-order valence-corrected chi connectivity index (χ1v) is 8.10. The molecule has 5 nitrogen and oxygen atoms in total. The smallest absolute Gasteiger partial charge is 0.279 e. The van der Waals surface area contributed by atoms with Gasteiger partial charge in [-0.2, -0.15) is 17.4 Å². The molecule has 0 aromatic carbocycles. The van der Waals surface area contributed by atoms with Gasteiger partial charge in [0, 0.05) is 24.7 Å². The molecule has 1 aliphatic heterocycles. The fourth-order valence-corrected chi connectivity index (χ4v) is 4.10. The molecule has 2 unspecified atom stereocenters. The Balaban J connectivity index is 2.74. The molecule has 0 bridgehead atoms. The lowest BCUT2D eigenvalue weighted by Crippen LogP contribution is -2.55. The second-order valence-corrected chi connectivity index (χ2v) is 7.74. The van der Waals surface area contributed by atoms with Crippen molar-refractivity contribution < 1.29 is 8.42 Å². The Morgan fingerprint density at radius 1 is 1.33 bits per heavy atom. The van der Waals surface area contributed by atoms with E-state index in [0.29, 0.717) is 25.0 Å². The van der Waals surface area contributed by atoms with Crippen molar-refractivity contribution in [2.24, 2.45) is 5.92 Å². The Hall–Kier alpha value is -0.170. The van der Waals surface area contributed by atoms with E-state index in [4.69, 9.17) is 0 Å². The summed E-state index contributed by atoms with van der Waals surface area (Å²) in [6, 6.07) is 0.427. The number of hydrogen-bond donors (Lipinski definition) is 2. The maximum absolute atomic E-state index is 12.3. The van der Waals surface area contributed by atoms with Crippen molar-refractivity contribution in [3.05, 3.63) is 0 Å². The third-order valence-corrected chi connectivity index (χ3v) is 5.25. The highest BCUT2D eigenvalue weighted by molar-refractivity contribution is 7.87. The summed E-state index contributed by atoms with van der Waals surface area (Å²) in [5, 5.41) is 3.28. The highest BCUT2D eigenvalue weighted by Crippen LogP contribution is 2.22. The van der Waals surface area contributed by atoms with Crippen LogP contribution >= 0.6 is 0 Å². The van der Waals surface area contributed by atoms with Crippen molar-refractivity contribution in [2.75, 3.05) is 20.1 Å². The SMILES string of the molecule is CCC1CN(S(=O)(=O)NC(C)(C)C)CCC1NC. The number of hydrogen-bond acceptors (Lipinski definition) is 3. The van der Waals surface area contributed by atoms with E-state index in [1.165, 1.54) is 0 Å². The monoisotopic (exact) mass is 277 g/mol. The number of nitrogens with one attached hydrogen (secondary N) is 2. The van der Waals surface area contributed by atoms with Gasteiger partial charge in [-0.05, 0) is 40.2 Å². The second kappa shape index (κ2) is 5.86. The van der Waals surface area contributed by atoms with E-state index in [1.54, 1.807) is 4.31 Å². The van der Waals surface area contributed by atoms with Gasteiger partial charge in [-0.1, -0.05) is 13.3 Å². The topological polar surface area (TPSA) is 61.4 Å². The molecular formula is C12H27N3O2S. The molecule has 0 aromatic heterocycles. The molecule has 108 valence electrons. The largest absolute Gasteiger partial charge is 0.317 e. The molecule has 1 heterocycles. The molecule has 0 spiro atoms. The molecule has 1 aliphatic rings. The van der Waals surface area contributed by atoms with E-state index >= 15 is 0 Å². The van der Waals surface area contributed by atoms with Crippen LogP contribution in [0.3, 0.4) is 0 Å². The zero-order valence-corrected chi connectivity index (χ0v) is 13.0. The maximum atomic E-state index is 12.3. The van der Waals surface area contributed by atoms with Crippen LogP contribution in [0.25, 0.3) is 0 Å². The summed E-state index contributed by atoms with van der Waals surface area (Å²) < 4.78 is 28.8. The second-order valence-electron chi connectivity index (χ2n) is 6.07. The van der Waals surface area contributed by atoms with Crippen molar-refractivity contribution in [3.63, 3.8) is 0 Å². The zero-order chi connectivity index (χ0) is 14.0. The first-order valence-electron chi connectivity index (χ1n) is 6.66. The normalized spacial score (nSPS) is 27.4. The average molecular weight is 277 g/mol. The lowest BCUT2D eigenvalue weighted by molar-refractivity contribution is 0.206.